The Balaban J connectivity index is 1.61. The second-order valence-electron chi connectivity index (χ2n) is 5.73. The van der Waals surface area contributed by atoms with Gasteiger partial charge in [0.2, 0.25) is 0 Å². The summed E-state index contributed by atoms with van der Waals surface area (Å²) < 4.78 is 5.15. The van der Waals surface area contributed by atoms with Crippen molar-refractivity contribution in [3.05, 3.63) is 70.7 Å². The van der Waals surface area contributed by atoms with Crippen LogP contribution in [0.3, 0.4) is 0 Å². The third-order valence-corrected chi connectivity index (χ3v) is 4.86. The minimum absolute atomic E-state index is 0.140. The molecule has 7 heteroatoms. The lowest BCUT2D eigenvalue weighted by molar-refractivity contribution is 0.0942. The van der Waals surface area contributed by atoms with Crippen LogP contribution in [-0.2, 0) is 6.54 Å². The van der Waals surface area contributed by atoms with Crippen LogP contribution in [-0.4, -0.2) is 31.0 Å². The number of carbonyl (C=O) groups excluding carboxylic acids is 2. The van der Waals surface area contributed by atoms with Crippen LogP contribution in [0.15, 0.2) is 53.9 Å². The van der Waals surface area contributed by atoms with Gasteiger partial charge in [-0.25, -0.2) is 4.98 Å². The van der Waals surface area contributed by atoms with E-state index in [2.05, 4.69) is 15.6 Å². The fourth-order valence-electron chi connectivity index (χ4n) is 2.44. The van der Waals surface area contributed by atoms with E-state index in [0.29, 0.717) is 17.8 Å². The summed E-state index contributed by atoms with van der Waals surface area (Å²) in [7, 11) is 3.21. The summed E-state index contributed by atoms with van der Waals surface area (Å²) in [5.41, 5.74) is 2.80. The summed E-state index contributed by atoms with van der Waals surface area (Å²) >= 11 is 1.42. The Morgan fingerprint density at radius 1 is 1.04 bits per heavy atom. The van der Waals surface area contributed by atoms with Gasteiger partial charge in [-0.3, -0.25) is 9.59 Å². The molecule has 2 amide bonds. The first-order valence-electron chi connectivity index (χ1n) is 8.30. The Labute approximate surface area is 161 Å². The molecule has 3 aromatic rings. The Bertz CT molecular complexity index is 934. The van der Waals surface area contributed by atoms with Crippen LogP contribution in [0.25, 0.3) is 10.6 Å². The number of nitrogens with zero attached hydrogens (tertiary/aromatic N) is 1. The van der Waals surface area contributed by atoms with Gasteiger partial charge in [0, 0.05) is 30.1 Å². The summed E-state index contributed by atoms with van der Waals surface area (Å²) in [6, 6.07) is 14.6. The number of rotatable bonds is 6. The van der Waals surface area contributed by atoms with Gasteiger partial charge in [-0.15, -0.1) is 11.3 Å². The van der Waals surface area contributed by atoms with E-state index in [9.17, 15) is 9.59 Å². The number of ether oxygens (including phenoxy) is 1. The fourth-order valence-corrected chi connectivity index (χ4v) is 3.24. The number of amides is 2. The largest absolute Gasteiger partial charge is 0.497 e. The lowest BCUT2D eigenvalue weighted by Gasteiger charge is -2.05. The molecule has 1 heterocycles. The van der Waals surface area contributed by atoms with Gasteiger partial charge < -0.3 is 15.4 Å². The maximum atomic E-state index is 12.3. The lowest BCUT2D eigenvalue weighted by atomic mass is 10.1. The number of thiazole rings is 1. The van der Waals surface area contributed by atoms with Gasteiger partial charge >= 0.3 is 0 Å². The van der Waals surface area contributed by atoms with Crippen molar-refractivity contribution >= 4 is 23.2 Å². The minimum atomic E-state index is -0.235. The third kappa shape index (κ3) is 4.51. The van der Waals surface area contributed by atoms with Crippen molar-refractivity contribution in [2.75, 3.05) is 14.2 Å². The molecule has 0 aliphatic heterocycles. The van der Waals surface area contributed by atoms with Crippen molar-refractivity contribution in [1.29, 1.82) is 0 Å². The minimum Gasteiger partial charge on any atom is -0.497 e. The molecule has 0 unspecified atom stereocenters. The van der Waals surface area contributed by atoms with Gasteiger partial charge in [-0.2, -0.15) is 0 Å². The second kappa shape index (κ2) is 8.46. The molecule has 3 rings (SSSR count). The Hall–Kier alpha value is -3.19. The van der Waals surface area contributed by atoms with Crippen molar-refractivity contribution in [2.24, 2.45) is 0 Å². The van der Waals surface area contributed by atoms with Crippen LogP contribution in [0.4, 0.5) is 0 Å². The van der Waals surface area contributed by atoms with Gasteiger partial charge in [0.05, 0.1) is 7.11 Å². The first kappa shape index (κ1) is 18.6. The second-order valence-corrected chi connectivity index (χ2v) is 6.58. The Kier molecular flexibility index (Phi) is 5.83. The summed E-state index contributed by atoms with van der Waals surface area (Å²) in [5, 5.41) is 7.93. The molecule has 0 fully saturated rings. The van der Waals surface area contributed by atoms with Crippen molar-refractivity contribution < 1.29 is 14.3 Å². The quantitative estimate of drug-likeness (QED) is 0.688. The molecule has 0 saturated heterocycles. The molecule has 2 aromatic carbocycles. The zero-order valence-corrected chi connectivity index (χ0v) is 15.8. The Morgan fingerprint density at radius 3 is 2.37 bits per heavy atom. The predicted molar refractivity (Wildman–Crippen MR) is 105 cm³/mol. The standard InChI is InChI=1S/C20H19N3O3S/c1-21-18(24)14-5-3-13(4-6-14)11-22-19(25)17-12-27-20(23-17)15-7-9-16(26-2)10-8-15/h3-10,12H,11H2,1-2H3,(H,21,24)(H,22,25). The van der Waals surface area contributed by atoms with Crippen LogP contribution < -0.4 is 15.4 Å². The third-order valence-electron chi connectivity index (χ3n) is 3.97. The van der Waals surface area contributed by atoms with E-state index in [4.69, 9.17) is 4.74 Å². The van der Waals surface area contributed by atoms with E-state index in [1.54, 1.807) is 31.7 Å². The molecule has 0 aliphatic rings. The highest BCUT2D eigenvalue weighted by Gasteiger charge is 2.12. The number of benzene rings is 2. The number of hydrogen-bond donors (Lipinski definition) is 2. The number of carbonyl (C=O) groups is 2. The highest BCUT2D eigenvalue weighted by atomic mass is 32.1. The number of methoxy groups -OCH3 is 1. The zero-order valence-electron chi connectivity index (χ0n) is 15.0. The van der Waals surface area contributed by atoms with Gasteiger partial charge in [0.1, 0.15) is 16.5 Å². The van der Waals surface area contributed by atoms with Crippen LogP contribution in [0.2, 0.25) is 0 Å². The molecule has 27 heavy (non-hydrogen) atoms. The number of aromatic nitrogens is 1. The van der Waals surface area contributed by atoms with E-state index in [-0.39, 0.29) is 11.8 Å². The fraction of sp³-hybridized carbons (Fsp3) is 0.150. The molecule has 2 N–H and O–H groups in total. The zero-order chi connectivity index (χ0) is 19.2. The van der Waals surface area contributed by atoms with E-state index in [1.807, 2.05) is 36.4 Å². The summed E-state index contributed by atoms with van der Waals surface area (Å²) in [6.45, 7) is 0.363. The molecule has 6 nitrogen and oxygen atoms in total. The highest BCUT2D eigenvalue weighted by Crippen LogP contribution is 2.25. The molecule has 1 aromatic heterocycles. The maximum absolute atomic E-state index is 12.3. The first-order chi connectivity index (χ1) is 13.1. The molecule has 0 saturated carbocycles. The smallest absolute Gasteiger partial charge is 0.271 e. The average molecular weight is 381 g/mol. The van der Waals surface area contributed by atoms with Gasteiger partial charge in [0.15, 0.2) is 0 Å². The summed E-state index contributed by atoms with van der Waals surface area (Å²) in [4.78, 5) is 28.3. The average Bonchev–Trinajstić information content (AvgIpc) is 3.22. The van der Waals surface area contributed by atoms with Crippen LogP contribution in [0, 0.1) is 0 Å². The van der Waals surface area contributed by atoms with Crippen molar-refractivity contribution in [1.82, 2.24) is 15.6 Å². The molecule has 0 spiro atoms. The van der Waals surface area contributed by atoms with Gasteiger partial charge in [0.25, 0.3) is 11.8 Å². The monoisotopic (exact) mass is 381 g/mol. The molecule has 0 atom stereocenters. The first-order valence-corrected chi connectivity index (χ1v) is 9.18. The van der Waals surface area contributed by atoms with E-state index in [0.717, 1.165) is 21.9 Å². The number of nitrogens with one attached hydrogen (secondary N) is 2. The van der Waals surface area contributed by atoms with Crippen molar-refractivity contribution in [2.45, 2.75) is 6.54 Å². The molecule has 138 valence electrons. The SMILES string of the molecule is CNC(=O)c1ccc(CNC(=O)c2csc(-c3ccc(OC)cc3)n2)cc1. The van der Waals surface area contributed by atoms with Crippen LogP contribution >= 0.6 is 11.3 Å². The highest BCUT2D eigenvalue weighted by molar-refractivity contribution is 7.13. The summed E-state index contributed by atoms with van der Waals surface area (Å²) in [6.07, 6.45) is 0. The topological polar surface area (TPSA) is 80.3 Å². The molecule has 0 bridgehead atoms. The summed E-state index contributed by atoms with van der Waals surface area (Å²) in [5.74, 6) is 0.399. The molecular weight excluding hydrogens is 362 g/mol. The predicted octanol–water partition coefficient (Wildman–Crippen LogP) is 3.11. The van der Waals surface area contributed by atoms with Gasteiger partial charge in [-0.1, -0.05) is 12.1 Å². The van der Waals surface area contributed by atoms with E-state index in [1.165, 1.54) is 11.3 Å². The number of hydrogen-bond acceptors (Lipinski definition) is 5. The lowest BCUT2D eigenvalue weighted by Crippen LogP contribution is -2.23. The van der Waals surface area contributed by atoms with E-state index < -0.39 is 0 Å². The van der Waals surface area contributed by atoms with Crippen molar-refractivity contribution in [3.8, 4) is 16.3 Å². The van der Waals surface area contributed by atoms with Crippen LogP contribution in [0.5, 0.6) is 5.75 Å². The molecule has 0 aliphatic carbocycles. The van der Waals surface area contributed by atoms with Crippen molar-refractivity contribution in [3.63, 3.8) is 0 Å². The maximum Gasteiger partial charge on any atom is 0.271 e. The van der Waals surface area contributed by atoms with E-state index >= 15 is 0 Å². The van der Waals surface area contributed by atoms with Gasteiger partial charge in [-0.05, 0) is 42.0 Å². The molecule has 0 radical (unpaired) electrons. The van der Waals surface area contributed by atoms with Crippen LogP contribution in [0.1, 0.15) is 26.4 Å². The normalized spacial score (nSPS) is 10.3. The molecular formula is C20H19N3O3S. The Morgan fingerprint density at radius 2 is 1.74 bits per heavy atom.